The van der Waals surface area contributed by atoms with Crippen molar-refractivity contribution in [3.63, 3.8) is 0 Å². The van der Waals surface area contributed by atoms with Gasteiger partial charge in [0, 0.05) is 42.5 Å². The third-order valence-corrected chi connectivity index (χ3v) is 6.59. The molecule has 1 amide bonds. The van der Waals surface area contributed by atoms with Gasteiger partial charge in [-0.1, -0.05) is 72.8 Å². The SMILES string of the molecule is C[C@H](NC[C@@H](CCc1ccccc1)NCc1cc2ccccc2[nH]1)C(=O)NCc1ccc(C(=N)N)cc1. The highest BCUT2D eigenvalue weighted by atomic mass is 16.2. The Labute approximate surface area is 218 Å². The fourth-order valence-corrected chi connectivity index (χ4v) is 4.30. The Morgan fingerprint density at radius 2 is 1.65 bits per heavy atom. The van der Waals surface area contributed by atoms with Crippen molar-refractivity contribution in [2.75, 3.05) is 6.54 Å². The van der Waals surface area contributed by atoms with E-state index in [4.69, 9.17) is 11.1 Å². The fourth-order valence-electron chi connectivity index (χ4n) is 4.30. The minimum atomic E-state index is -0.328. The molecule has 0 fully saturated rings. The molecule has 0 aliphatic heterocycles. The average Bonchev–Trinajstić information content (AvgIpc) is 3.35. The first kappa shape index (κ1) is 26.1. The predicted octanol–water partition coefficient (Wildman–Crippen LogP) is 3.84. The molecule has 0 unspecified atom stereocenters. The van der Waals surface area contributed by atoms with E-state index in [9.17, 15) is 4.79 Å². The first-order valence-corrected chi connectivity index (χ1v) is 12.8. The highest BCUT2D eigenvalue weighted by molar-refractivity contribution is 5.94. The molecule has 7 heteroatoms. The number of nitrogen functional groups attached to an aromatic ring is 1. The van der Waals surface area contributed by atoms with Gasteiger partial charge in [-0.15, -0.1) is 0 Å². The van der Waals surface area contributed by atoms with Crippen molar-refractivity contribution >= 4 is 22.6 Å². The molecule has 0 bridgehead atoms. The molecule has 3 aromatic carbocycles. The van der Waals surface area contributed by atoms with Crippen molar-refractivity contribution in [2.45, 2.75) is 44.9 Å². The monoisotopic (exact) mass is 496 g/mol. The van der Waals surface area contributed by atoms with Crippen molar-refractivity contribution in [3.8, 4) is 0 Å². The maximum atomic E-state index is 12.7. The van der Waals surface area contributed by atoms with Gasteiger partial charge in [0.2, 0.25) is 5.91 Å². The minimum Gasteiger partial charge on any atom is -0.384 e. The molecule has 192 valence electrons. The summed E-state index contributed by atoms with van der Waals surface area (Å²) in [6, 6.07) is 28.2. The Morgan fingerprint density at radius 1 is 0.919 bits per heavy atom. The molecule has 0 radical (unpaired) electrons. The number of rotatable bonds is 13. The number of amidine groups is 1. The fraction of sp³-hybridized carbons (Fsp3) is 0.267. The number of fused-ring (bicyclic) bond motifs is 1. The van der Waals surface area contributed by atoms with Crippen LogP contribution in [0.2, 0.25) is 0 Å². The Bertz CT molecular complexity index is 1270. The molecule has 4 rings (SSSR count). The molecule has 0 aliphatic rings. The van der Waals surface area contributed by atoms with Gasteiger partial charge < -0.3 is 26.7 Å². The summed E-state index contributed by atoms with van der Waals surface area (Å²) in [6.45, 7) is 3.72. The zero-order chi connectivity index (χ0) is 26.0. The number of carbonyl (C=O) groups is 1. The molecule has 0 aliphatic carbocycles. The van der Waals surface area contributed by atoms with Crippen molar-refractivity contribution in [3.05, 3.63) is 107 Å². The van der Waals surface area contributed by atoms with Gasteiger partial charge in [-0.3, -0.25) is 10.2 Å². The number of nitrogens with one attached hydrogen (secondary N) is 5. The number of aromatic amines is 1. The van der Waals surface area contributed by atoms with Crippen molar-refractivity contribution in [1.29, 1.82) is 5.41 Å². The summed E-state index contributed by atoms with van der Waals surface area (Å²) in [5, 5.41) is 18.8. The Balaban J connectivity index is 1.30. The third kappa shape index (κ3) is 7.77. The van der Waals surface area contributed by atoms with Crippen molar-refractivity contribution in [1.82, 2.24) is 20.9 Å². The van der Waals surface area contributed by atoms with Crippen LogP contribution in [0.4, 0.5) is 0 Å². The van der Waals surface area contributed by atoms with Crippen LogP contribution in [0, 0.1) is 5.41 Å². The molecule has 37 heavy (non-hydrogen) atoms. The van der Waals surface area contributed by atoms with Crippen molar-refractivity contribution < 1.29 is 4.79 Å². The van der Waals surface area contributed by atoms with Crippen LogP contribution in [-0.4, -0.2) is 35.4 Å². The topological polar surface area (TPSA) is 119 Å². The average molecular weight is 497 g/mol. The lowest BCUT2D eigenvalue weighted by Gasteiger charge is -2.22. The molecule has 1 heterocycles. The van der Waals surface area contributed by atoms with Crippen LogP contribution in [0.1, 0.15) is 35.7 Å². The molecule has 1 aromatic heterocycles. The van der Waals surface area contributed by atoms with Gasteiger partial charge in [0.1, 0.15) is 5.84 Å². The number of hydrogen-bond acceptors (Lipinski definition) is 4. The van der Waals surface area contributed by atoms with E-state index in [1.54, 1.807) is 12.1 Å². The third-order valence-electron chi connectivity index (χ3n) is 6.59. The zero-order valence-corrected chi connectivity index (χ0v) is 21.3. The van der Waals surface area contributed by atoms with Crippen LogP contribution in [-0.2, 0) is 24.3 Å². The summed E-state index contributed by atoms with van der Waals surface area (Å²) in [6.07, 6.45) is 1.91. The van der Waals surface area contributed by atoms with Crippen LogP contribution in [0.3, 0.4) is 0 Å². The van der Waals surface area contributed by atoms with Gasteiger partial charge in [-0.25, -0.2) is 0 Å². The molecule has 4 aromatic rings. The minimum absolute atomic E-state index is 0.0355. The summed E-state index contributed by atoms with van der Waals surface area (Å²) < 4.78 is 0. The lowest BCUT2D eigenvalue weighted by molar-refractivity contribution is -0.122. The van der Waals surface area contributed by atoms with E-state index < -0.39 is 0 Å². The lowest BCUT2D eigenvalue weighted by atomic mass is 10.0. The summed E-state index contributed by atoms with van der Waals surface area (Å²) >= 11 is 0. The van der Waals surface area contributed by atoms with E-state index in [-0.39, 0.29) is 23.8 Å². The molecule has 7 N–H and O–H groups in total. The van der Waals surface area contributed by atoms with Crippen molar-refractivity contribution in [2.24, 2.45) is 5.73 Å². The van der Waals surface area contributed by atoms with E-state index in [1.165, 1.54) is 10.9 Å². The predicted molar refractivity (Wildman–Crippen MR) is 150 cm³/mol. The van der Waals surface area contributed by atoms with Crippen LogP contribution in [0.15, 0.2) is 84.9 Å². The maximum absolute atomic E-state index is 12.7. The quantitative estimate of drug-likeness (QED) is 0.125. The first-order chi connectivity index (χ1) is 18.0. The van der Waals surface area contributed by atoms with E-state index in [1.807, 2.05) is 37.3 Å². The van der Waals surface area contributed by atoms with E-state index in [0.717, 1.165) is 36.2 Å². The number of nitrogens with two attached hydrogens (primary N) is 1. The van der Waals surface area contributed by atoms with E-state index in [0.29, 0.717) is 18.7 Å². The normalized spacial score (nSPS) is 12.8. The lowest BCUT2D eigenvalue weighted by Crippen LogP contribution is -2.47. The first-order valence-electron chi connectivity index (χ1n) is 12.8. The number of aromatic nitrogens is 1. The second kappa shape index (κ2) is 12.9. The molecule has 0 saturated heterocycles. The second-order valence-corrected chi connectivity index (χ2v) is 9.44. The number of aryl methyl sites for hydroxylation is 1. The van der Waals surface area contributed by atoms with Crippen LogP contribution < -0.4 is 21.7 Å². The summed E-state index contributed by atoms with van der Waals surface area (Å²) in [5.41, 5.74) is 10.7. The maximum Gasteiger partial charge on any atom is 0.237 e. The van der Waals surface area contributed by atoms with Gasteiger partial charge in [0.05, 0.1) is 6.04 Å². The highest BCUT2D eigenvalue weighted by Gasteiger charge is 2.16. The standard InChI is InChI=1S/C30H36N6O/c1-21(30(37)35-18-23-11-14-24(15-12-23)29(31)32)33-19-26(16-13-22-7-3-2-4-8-22)34-20-27-17-25-9-5-6-10-28(25)36-27/h2-12,14-15,17,21,26,33-34,36H,13,16,18-20H2,1H3,(H3,31,32)(H,35,37)/t21-,26+/m0/s1. The van der Waals surface area contributed by atoms with Gasteiger partial charge in [0.25, 0.3) is 0 Å². The Kier molecular flexibility index (Phi) is 9.08. The summed E-state index contributed by atoms with van der Waals surface area (Å²) in [5.74, 6) is -0.0125. The van der Waals surface area contributed by atoms with Gasteiger partial charge in [-0.2, -0.15) is 0 Å². The Morgan fingerprint density at radius 3 is 2.38 bits per heavy atom. The van der Waals surface area contributed by atoms with E-state index in [2.05, 4.69) is 63.4 Å². The zero-order valence-electron chi connectivity index (χ0n) is 21.3. The number of amides is 1. The summed E-state index contributed by atoms with van der Waals surface area (Å²) in [4.78, 5) is 16.2. The molecule has 0 saturated carbocycles. The largest absolute Gasteiger partial charge is 0.384 e. The number of H-pyrrole nitrogens is 1. The highest BCUT2D eigenvalue weighted by Crippen LogP contribution is 2.15. The van der Waals surface area contributed by atoms with Crippen LogP contribution in [0.25, 0.3) is 10.9 Å². The van der Waals surface area contributed by atoms with Gasteiger partial charge >= 0.3 is 0 Å². The number of para-hydroxylation sites is 1. The van der Waals surface area contributed by atoms with Crippen LogP contribution in [0.5, 0.6) is 0 Å². The number of carbonyl (C=O) groups excluding carboxylic acids is 1. The summed E-state index contributed by atoms with van der Waals surface area (Å²) in [7, 11) is 0. The molecule has 2 atom stereocenters. The molecular formula is C30H36N6O. The molecular weight excluding hydrogens is 460 g/mol. The molecule has 0 spiro atoms. The number of hydrogen-bond donors (Lipinski definition) is 6. The van der Waals surface area contributed by atoms with Crippen LogP contribution >= 0.6 is 0 Å². The smallest absolute Gasteiger partial charge is 0.237 e. The molecule has 7 nitrogen and oxygen atoms in total. The number of benzene rings is 3. The van der Waals surface area contributed by atoms with Gasteiger partial charge in [0.15, 0.2) is 0 Å². The van der Waals surface area contributed by atoms with Gasteiger partial charge in [-0.05, 0) is 48.4 Å². The van der Waals surface area contributed by atoms with E-state index >= 15 is 0 Å². The Hall–Kier alpha value is -3.94. The second-order valence-electron chi connectivity index (χ2n) is 9.44.